The van der Waals surface area contributed by atoms with Crippen LogP contribution in [0.5, 0.6) is 0 Å². The summed E-state index contributed by atoms with van der Waals surface area (Å²) in [5.41, 5.74) is 10.0. The molecule has 2 rings (SSSR count). The van der Waals surface area contributed by atoms with E-state index < -0.39 is 4.92 Å². The van der Waals surface area contributed by atoms with Crippen LogP contribution in [0, 0.1) is 24.0 Å². The van der Waals surface area contributed by atoms with Gasteiger partial charge in [0.2, 0.25) is 0 Å². The Hall–Kier alpha value is -2.56. The summed E-state index contributed by atoms with van der Waals surface area (Å²) < 4.78 is 0. The number of hydrogen-bond donors (Lipinski definition) is 2. The van der Waals surface area contributed by atoms with Gasteiger partial charge in [0, 0.05) is 17.8 Å². The summed E-state index contributed by atoms with van der Waals surface area (Å²) in [6.45, 7) is 4.02. The molecule has 0 aliphatic rings. The van der Waals surface area contributed by atoms with Gasteiger partial charge in [-0.15, -0.1) is 0 Å². The van der Waals surface area contributed by atoms with Crippen LogP contribution < -0.4 is 11.1 Å². The molecule has 0 saturated carbocycles. The van der Waals surface area contributed by atoms with Crippen molar-refractivity contribution in [1.82, 2.24) is 0 Å². The number of benzene rings is 2. The monoisotopic (exact) mass is 257 g/mol. The lowest BCUT2D eigenvalue weighted by Crippen LogP contribution is -1.99. The van der Waals surface area contributed by atoms with Crippen molar-refractivity contribution in [2.24, 2.45) is 0 Å². The molecule has 0 aromatic heterocycles. The number of anilines is 3. The number of nitrogens with two attached hydrogens (primary N) is 1. The van der Waals surface area contributed by atoms with E-state index in [0.717, 1.165) is 11.3 Å². The zero-order valence-corrected chi connectivity index (χ0v) is 10.8. The molecule has 5 heteroatoms. The Kier molecular flexibility index (Phi) is 3.37. The Labute approximate surface area is 111 Å². The summed E-state index contributed by atoms with van der Waals surface area (Å²) in [6, 6.07) is 10.4. The van der Waals surface area contributed by atoms with E-state index in [1.54, 1.807) is 6.07 Å². The van der Waals surface area contributed by atoms with Crippen LogP contribution >= 0.6 is 0 Å². The Morgan fingerprint density at radius 3 is 2.37 bits per heavy atom. The van der Waals surface area contributed by atoms with Crippen molar-refractivity contribution < 1.29 is 4.92 Å². The molecule has 19 heavy (non-hydrogen) atoms. The van der Waals surface area contributed by atoms with E-state index in [0.29, 0.717) is 11.4 Å². The second kappa shape index (κ2) is 4.97. The molecule has 0 radical (unpaired) electrons. The minimum atomic E-state index is -0.461. The molecule has 0 fully saturated rings. The predicted molar refractivity (Wildman–Crippen MR) is 76.7 cm³/mol. The van der Waals surface area contributed by atoms with E-state index in [-0.39, 0.29) is 5.69 Å². The van der Waals surface area contributed by atoms with Gasteiger partial charge in [-0.3, -0.25) is 10.1 Å². The molecule has 0 bridgehead atoms. The lowest BCUT2D eigenvalue weighted by molar-refractivity contribution is -0.384. The summed E-state index contributed by atoms with van der Waals surface area (Å²) in [6.07, 6.45) is 0. The number of hydrogen-bond acceptors (Lipinski definition) is 4. The highest BCUT2D eigenvalue weighted by Gasteiger charge is 2.09. The van der Waals surface area contributed by atoms with Crippen LogP contribution in [0.2, 0.25) is 0 Å². The van der Waals surface area contributed by atoms with Gasteiger partial charge in [-0.1, -0.05) is 17.7 Å². The first kappa shape index (κ1) is 12.9. The smallest absolute Gasteiger partial charge is 0.271 e. The van der Waals surface area contributed by atoms with Gasteiger partial charge in [0.15, 0.2) is 0 Å². The van der Waals surface area contributed by atoms with Gasteiger partial charge < -0.3 is 11.1 Å². The maximum Gasteiger partial charge on any atom is 0.271 e. The van der Waals surface area contributed by atoms with Crippen molar-refractivity contribution in [3.8, 4) is 0 Å². The first-order valence-corrected chi connectivity index (χ1v) is 5.85. The third kappa shape index (κ3) is 2.82. The van der Waals surface area contributed by atoms with Crippen LogP contribution in [-0.2, 0) is 0 Å². The van der Waals surface area contributed by atoms with Crippen molar-refractivity contribution in [2.45, 2.75) is 13.8 Å². The van der Waals surface area contributed by atoms with Gasteiger partial charge in [0.25, 0.3) is 5.69 Å². The fourth-order valence-corrected chi connectivity index (χ4v) is 1.88. The average Bonchev–Trinajstić information content (AvgIpc) is 2.34. The van der Waals surface area contributed by atoms with Gasteiger partial charge in [0.1, 0.15) is 0 Å². The molecule has 0 aliphatic carbocycles. The average molecular weight is 257 g/mol. The van der Waals surface area contributed by atoms with Gasteiger partial charge >= 0.3 is 0 Å². The molecule has 98 valence electrons. The number of rotatable bonds is 3. The third-order valence-corrected chi connectivity index (χ3v) is 2.90. The summed E-state index contributed by atoms with van der Waals surface area (Å²) in [5, 5.41) is 13.8. The summed E-state index contributed by atoms with van der Waals surface area (Å²) in [7, 11) is 0. The van der Waals surface area contributed by atoms with Crippen LogP contribution in [0.4, 0.5) is 22.7 Å². The van der Waals surface area contributed by atoms with Gasteiger partial charge in [-0.25, -0.2) is 0 Å². The Morgan fingerprint density at radius 1 is 1.11 bits per heavy atom. The third-order valence-electron chi connectivity index (χ3n) is 2.90. The quantitative estimate of drug-likeness (QED) is 0.500. The lowest BCUT2D eigenvalue weighted by Gasteiger charge is -2.12. The molecule has 0 amide bonds. The fraction of sp³-hybridized carbons (Fsp3) is 0.143. The molecule has 0 spiro atoms. The highest BCUT2D eigenvalue weighted by Crippen LogP contribution is 2.28. The molecule has 5 nitrogen and oxygen atoms in total. The van der Waals surface area contributed by atoms with Crippen LogP contribution in [0.1, 0.15) is 11.1 Å². The van der Waals surface area contributed by atoms with E-state index in [1.165, 1.54) is 17.7 Å². The van der Waals surface area contributed by atoms with Crippen LogP contribution in [0.25, 0.3) is 0 Å². The van der Waals surface area contributed by atoms with Gasteiger partial charge in [-0.2, -0.15) is 0 Å². The van der Waals surface area contributed by atoms with Crippen LogP contribution in [0.3, 0.4) is 0 Å². The lowest BCUT2D eigenvalue weighted by atomic mass is 10.1. The van der Waals surface area contributed by atoms with E-state index >= 15 is 0 Å². The number of nitro benzene ring substituents is 1. The number of nitrogen functional groups attached to an aromatic ring is 1. The predicted octanol–water partition coefficient (Wildman–Crippen LogP) is 3.54. The highest BCUT2D eigenvalue weighted by molar-refractivity contribution is 5.75. The molecule has 3 N–H and O–H groups in total. The van der Waals surface area contributed by atoms with Crippen molar-refractivity contribution in [2.75, 3.05) is 11.1 Å². The number of non-ortho nitro benzene ring substituents is 1. The number of aryl methyl sites for hydroxylation is 2. The van der Waals surface area contributed by atoms with Crippen molar-refractivity contribution in [3.05, 3.63) is 57.6 Å². The molecule has 2 aromatic rings. The summed E-state index contributed by atoms with van der Waals surface area (Å²) in [5.74, 6) is 0. The summed E-state index contributed by atoms with van der Waals surface area (Å²) in [4.78, 5) is 10.2. The molecule has 0 atom stereocenters. The largest absolute Gasteiger partial charge is 0.397 e. The van der Waals surface area contributed by atoms with Crippen molar-refractivity contribution in [3.63, 3.8) is 0 Å². The Balaban J connectivity index is 2.31. The molecule has 0 aliphatic heterocycles. The molecule has 0 saturated heterocycles. The van der Waals surface area contributed by atoms with Gasteiger partial charge in [0.05, 0.1) is 16.3 Å². The molecule has 0 unspecified atom stereocenters. The molecule has 2 aromatic carbocycles. The topological polar surface area (TPSA) is 81.2 Å². The van der Waals surface area contributed by atoms with Crippen LogP contribution in [0.15, 0.2) is 36.4 Å². The first-order valence-electron chi connectivity index (χ1n) is 5.85. The maximum atomic E-state index is 10.6. The van der Waals surface area contributed by atoms with E-state index in [1.807, 2.05) is 26.0 Å². The molecular weight excluding hydrogens is 242 g/mol. The SMILES string of the molecule is Cc1ccc(Nc2ccc([N+](=O)[O-])cc2N)c(C)c1. The molecule has 0 heterocycles. The van der Waals surface area contributed by atoms with Gasteiger partial charge in [-0.05, 0) is 31.5 Å². The second-order valence-electron chi connectivity index (χ2n) is 4.47. The highest BCUT2D eigenvalue weighted by atomic mass is 16.6. The number of nitro groups is 1. The minimum absolute atomic E-state index is 0.0105. The zero-order chi connectivity index (χ0) is 14.0. The fourth-order valence-electron chi connectivity index (χ4n) is 1.88. The Bertz CT molecular complexity index is 639. The maximum absolute atomic E-state index is 10.6. The first-order chi connectivity index (χ1) is 8.97. The van der Waals surface area contributed by atoms with Crippen molar-refractivity contribution >= 4 is 22.7 Å². The Morgan fingerprint density at radius 2 is 1.79 bits per heavy atom. The van der Waals surface area contributed by atoms with Crippen molar-refractivity contribution in [1.29, 1.82) is 0 Å². The summed E-state index contributed by atoms with van der Waals surface area (Å²) >= 11 is 0. The standard InChI is InChI=1S/C14H15N3O2/c1-9-3-5-13(10(2)7-9)16-14-6-4-11(17(18)19)8-12(14)15/h3-8,16H,15H2,1-2H3. The van der Waals surface area contributed by atoms with E-state index in [4.69, 9.17) is 5.73 Å². The second-order valence-corrected chi connectivity index (χ2v) is 4.47. The minimum Gasteiger partial charge on any atom is -0.397 e. The number of nitrogens with one attached hydrogen (secondary N) is 1. The number of nitrogens with zero attached hydrogens (tertiary/aromatic N) is 1. The van der Waals surface area contributed by atoms with Crippen LogP contribution in [-0.4, -0.2) is 4.92 Å². The normalized spacial score (nSPS) is 10.2. The van der Waals surface area contributed by atoms with E-state index in [9.17, 15) is 10.1 Å². The molecular formula is C14H15N3O2. The van der Waals surface area contributed by atoms with E-state index in [2.05, 4.69) is 11.4 Å². The zero-order valence-electron chi connectivity index (χ0n) is 10.8.